The van der Waals surface area contributed by atoms with E-state index in [1.54, 1.807) is 0 Å². The Balaban J connectivity index is 1.67. The van der Waals surface area contributed by atoms with Gasteiger partial charge in [0.15, 0.2) is 0 Å². The summed E-state index contributed by atoms with van der Waals surface area (Å²) in [5, 5.41) is 5.30. The molecule has 0 saturated carbocycles. The molecule has 1 N–H and O–H groups in total. The zero-order valence-corrected chi connectivity index (χ0v) is 10.7. The van der Waals surface area contributed by atoms with Gasteiger partial charge in [0.2, 0.25) is 0 Å². The van der Waals surface area contributed by atoms with Gasteiger partial charge in [-0.15, -0.1) is 11.8 Å². The van der Waals surface area contributed by atoms with Crippen LogP contribution in [0.25, 0.3) is 0 Å². The van der Waals surface area contributed by atoms with Crippen LogP contribution in [0.15, 0.2) is 29.2 Å². The van der Waals surface area contributed by atoms with E-state index in [1.807, 2.05) is 23.9 Å². The standard InChI is InChI=1S/C13H16ClNS/c14-9-2-1-3-12(6-9)16-13-7-10-4-5-11(8-13)15-10/h1-3,6,10-11,13,15H,4-5,7-8H2. The van der Waals surface area contributed by atoms with Gasteiger partial charge in [-0.2, -0.15) is 0 Å². The zero-order chi connectivity index (χ0) is 11.0. The first kappa shape index (κ1) is 10.9. The average molecular weight is 254 g/mol. The van der Waals surface area contributed by atoms with Crippen molar-refractivity contribution in [3.8, 4) is 0 Å². The smallest absolute Gasteiger partial charge is 0.0417 e. The Bertz CT molecular complexity index is 370. The number of nitrogens with one attached hydrogen (secondary N) is 1. The normalized spacial score (nSPS) is 32.9. The van der Waals surface area contributed by atoms with Crippen molar-refractivity contribution >= 4 is 23.4 Å². The van der Waals surface area contributed by atoms with Crippen molar-refractivity contribution < 1.29 is 0 Å². The lowest BCUT2D eigenvalue weighted by molar-refractivity contribution is 0.415. The number of thioether (sulfide) groups is 1. The van der Waals surface area contributed by atoms with Gasteiger partial charge < -0.3 is 5.32 Å². The number of piperidine rings is 1. The summed E-state index contributed by atoms with van der Waals surface area (Å²) < 4.78 is 0. The van der Waals surface area contributed by atoms with E-state index in [0.29, 0.717) is 0 Å². The number of halogens is 1. The van der Waals surface area contributed by atoms with E-state index in [2.05, 4.69) is 17.4 Å². The zero-order valence-electron chi connectivity index (χ0n) is 9.16. The molecule has 3 rings (SSSR count). The van der Waals surface area contributed by atoms with Crippen LogP contribution < -0.4 is 5.32 Å². The van der Waals surface area contributed by atoms with E-state index in [-0.39, 0.29) is 0 Å². The van der Waals surface area contributed by atoms with Crippen molar-refractivity contribution in [2.24, 2.45) is 0 Å². The molecule has 2 aliphatic heterocycles. The Morgan fingerprint density at radius 3 is 2.62 bits per heavy atom. The molecule has 0 radical (unpaired) electrons. The summed E-state index contributed by atoms with van der Waals surface area (Å²) in [5.74, 6) is 0. The molecule has 2 bridgehead atoms. The van der Waals surface area contributed by atoms with E-state index < -0.39 is 0 Å². The molecule has 1 aromatic rings. The van der Waals surface area contributed by atoms with Gasteiger partial charge in [0.05, 0.1) is 0 Å². The fourth-order valence-corrected chi connectivity index (χ4v) is 4.48. The van der Waals surface area contributed by atoms with Crippen molar-refractivity contribution in [2.75, 3.05) is 0 Å². The van der Waals surface area contributed by atoms with Crippen LogP contribution >= 0.6 is 23.4 Å². The molecule has 2 atom stereocenters. The minimum Gasteiger partial charge on any atom is -0.311 e. The third kappa shape index (κ3) is 2.39. The van der Waals surface area contributed by atoms with Crippen LogP contribution in [0.2, 0.25) is 5.02 Å². The second-order valence-electron chi connectivity index (χ2n) is 4.81. The van der Waals surface area contributed by atoms with Gasteiger partial charge in [-0.3, -0.25) is 0 Å². The van der Waals surface area contributed by atoms with Gasteiger partial charge >= 0.3 is 0 Å². The fourth-order valence-electron chi connectivity index (χ4n) is 2.83. The second-order valence-corrected chi connectivity index (χ2v) is 6.62. The minimum absolute atomic E-state index is 0.774. The maximum Gasteiger partial charge on any atom is 0.0417 e. The molecule has 16 heavy (non-hydrogen) atoms. The van der Waals surface area contributed by atoms with Crippen LogP contribution in [0.3, 0.4) is 0 Å². The van der Waals surface area contributed by atoms with Crippen molar-refractivity contribution in [3.63, 3.8) is 0 Å². The highest BCUT2D eigenvalue weighted by Crippen LogP contribution is 2.37. The Kier molecular flexibility index (Phi) is 3.14. The first-order valence-corrected chi connectivity index (χ1v) is 7.23. The largest absolute Gasteiger partial charge is 0.311 e. The predicted octanol–water partition coefficient (Wildman–Crippen LogP) is 3.72. The van der Waals surface area contributed by atoms with Crippen LogP contribution in [-0.2, 0) is 0 Å². The number of hydrogen-bond donors (Lipinski definition) is 1. The maximum atomic E-state index is 6.01. The molecule has 86 valence electrons. The molecule has 0 aromatic heterocycles. The summed E-state index contributed by atoms with van der Waals surface area (Å²) in [6, 6.07) is 9.78. The number of benzene rings is 1. The highest BCUT2D eigenvalue weighted by atomic mass is 35.5. The van der Waals surface area contributed by atoms with Crippen LogP contribution in [0, 0.1) is 0 Å². The Hall–Kier alpha value is -0.180. The quantitative estimate of drug-likeness (QED) is 0.862. The van der Waals surface area contributed by atoms with Crippen LogP contribution in [-0.4, -0.2) is 17.3 Å². The lowest BCUT2D eigenvalue weighted by atomic mass is 10.1. The van der Waals surface area contributed by atoms with Gasteiger partial charge in [-0.05, 0) is 43.9 Å². The SMILES string of the molecule is Clc1cccc(SC2CC3CCC(C2)N3)c1. The first-order valence-electron chi connectivity index (χ1n) is 5.98. The van der Waals surface area contributed by atoms with E-state index in [1.165, 1.54) is 30.6 Å². The molecule has 2 fully saturated rings. The fraction of sp³-hybridized carbons (Fsp3) is 0.538. The lowest BCUT2D eigenvalue weighted by Crippen LogP contribution is -2.39. The molecule has 0 spiro atoms. The molecule has 2 heterocycles. The second kappa shape index (κ2) is 4.59. The predicted molar refractivity (Wildman–Crippen MR) is 70.3 cm³/mol. The topological polar surface area (TPSA) is 12.0 Å². The Morgan fingerprint density at radius 1 is 1.19 bits per heavy atom. The summed E-state index contributed by atoms with van der Waals surface area (Å²) >= 11 is 8.01. The van der Waals surface area contributed by atoms with Gasteiger partial charge in [-0.25, -0.2) is 0 Å². The number of fused-ring (bicyclic) bond motifs is 2. The van der Waals surface area contributed by atoms with Crippen molar-refractivity contribution in [3.05, 3.63) is 29.3 Å². The third-order valence-corrected chi connectivity index (χ3v) is 5.01. The average Bonchev–Trinajstić information content (AvgIpc) is 2.58. The van der Waals surface area contributed by atoms with E-state index >= 15 is 0 Å². The number of rotatable bonds is 2. The molecule has 2 aliphatic rings. The summed E-state index contributed by atoms with van der Waals surface area (Å²) in [4.78, 5) is 1.32. The highest BCUT2D eigenvalue weighted by Gasteiger charge is 2.33. The van der Waals surface area contributed by atoms with Crippen molar-refractivity contribution in [1.29, 1.82) is 0 Å². The lowest BCUT2D eigenvalue weighted by Gasteiger charge is -2.28. The molecule has 2 saturated heterocycles. The summed E-state index contributed by atoms with van der Waals surface area (Å²) in [6.07, 6.45) is 5.37. The van der Waals surface area contributed by atoms with E-state index in [4.69, 9.17) is 11.6 Å². The third-order valence-electron chi connectivity index (χ3n) is 3.53. The van der Waals surface area contributed by atoms with Gasteiger partial charge in [0.25, 0.3) is 0 Å². The Morgan fingerprint density at radius 2 is 1.94 bits per heavy atom. The van der Waals surface area contributed by atoms with E-state index in [0.717, 1.165) is 22.4 Å². The van der Waals surface area contributed by atoms with Crippen molar-refractivity contribution in [2.45, 2.75) is 47.9 Å². The molecular weight excluding hydrogens is 238 g/mol. The molecule has 1 nitrogen and oxygen atoms in total. The monoisotopic (exact) mass is 253 g/mol. The molecule has 0 aliphatic carbocycles. The van der Waals surface area contributed by atoms with Crippen LogP contribution in [0.4, 0.5) is 0 Å². The van der Waals surface area contributed by atoms with Gasteiger partial charge in [0, 0.05) is 27.3 Å². The highest BCUT2D eigenvalue weighted by molar-refractivity contribution is 8.00. The summed E-state index contributed by atoms with van der Waals surface area (Å²) in [7, 11) is 0. The molecule has 0 amide bonds. The minimum atomic E-state index is 0.774. The molecule has 3 heteroatoms. The molecule has 1 aromatic carbocycles. The Labute approximate surface area is 106 Å². The van der Waals surface area contributed by atoms with Gasteiger partial charge in [-0.1, -0.05) is 17.7 Å². The van der Waals surface area contributed by atoms with Crippen LogP contribution in [0.1, 0.15) is 25.7 Å². The van der Waals surface area contributed by atoms with Crippen LogP contribution in [0.5, 0.6) is 0 Å². The molecule has 2 unspecified atom stereocenters. The first-order chi connectivity index (χ1) is 7.79. The maximum absolute atomic E-state index is 6.01. The van der Waals surface area contributed by atoms with E-state index in [9.17, 15) is 0 Å². The van der Waals surface area contributed by atoms with Gasteiger partial charge in [0.1, 0.15) is 0 Å². The van der Waals surface area contributed by atoms with Crippen molar-refractivity contribution in [1.82, 2.24) is 5.32 Å². The summed E-state index contributed by atoms with van der Waals surface area (Å²) in [6.45, 7) is 0. The number of hydrogen-bond acceptors (Lipinski definition) is 2. The molecular formula is C13H16ClNS. The summed E-state index contributed by atoms with van der Waals surface area (Å²) in [5.41, 5.74) is 0.